The van der Waals surface area contributed by atoms with Gasteiger partial charge in [0.15, 0.2) is 6.61 Å². The van der Waals surface area contributed by atoms with Gasteiger partial charge in [-0.3, -0.25) is 9.59 Å². The van der Waals surface area contributed by atoms with Crippen molar-refractivity contribution in [3.05, 3.63) is 60.7 Å². The molecule has 32 heavy (non-hydrogen) atoms. The first-order valence-corrected chi connectivity index (χ1v) is 11.9. The number of hydrogen-bond donors (Lipinski definition) is 1. The molecule has 2 aromatic carbocycles. The van der Waals surface area contributed by atoms with E-state index in [1.54, 1.807) is 29.2 Å². The number of ether oxygens (including phenoxy) is 1. The topological polar surface area (TPSA) is 96.0 Å². The number of piperidine rings is 1. The van der Waals surface area contributed by atoms with E-state index in [1.165, 1.54) is 28.6 Å². The van der Waals surface area contributed by atoms with Gasteiger partial charge < -0.3 is 15.0 Å². The molecule has 0 aromatic heterocycles. The van der Waals surface area contributed by atoms with Crippen LogP contribution in [0.4, 0.5) is 11.4 Å². The molecule has 2 aliphatic heterocycles. The zero-order valence-corrected chi connectivity index (χ0v) is 18.4. The highest BCUT2D eigenvalue weighted by Crippen LogP contribution is 2.34. The van der Waals surface area contributed by atoms with Crippen molar-refractivity contribution in [3.63, 3.8) is 0 Å². The van der Waals surface area contributed by atoms with Gasteiger partial charge in [0.1, 0.15) is 5.75 Å². The van der Waals surface area contributed by atoms with E-state index < -0.39 is 10.0 Å². The van der Waals surface area contributed by atoms with Gasteiger partial charge in [0.2, 0.25) is 10.0 Å². The van der Waals surface area contributed by atoms with Crippen LogP contribution < -0.4 is 15.0 Å². The van der Waals surface area contributed by atoms with E-state index in [9.17, 15) is 18.0 Å². The van der Waals surface area contributed by atoms with Crippen LogP contribution in [0, 0.1) is 0 Å². The highest BCUT2D eigenvalue weighted by molar-refractivity contribution is 7.89. The van der Waals surface area contributed by atoms with Gasteiger partial charge in [-0.2, -0.15) is 4.31 Å². The predicted octanol–water partition coefficient (Wildman–Crippen LogP) is 3.02. The van der Waals surface area contributed by atoms with Crippen molar-refractivity contribution in [2.24, 2.45) is 0 Å². The van der Waals surface area contributed by atoms with Gasteiger partial charge in [-0.05, 0) is 49.2 Å². The molecule has 168 valence electrons. The summed E-state index contributed by atoms with van der Waals surface area (Å²) >= 11 is 0. The van der Waals surface area contributed by atoms with Gasteiger partial charge in [0, 0.05) is 37.0 Å². The normalized spacial score (nSPS) is 16.8. The number of benzene rings is 2. The van der Waals surface area contributed by atoms with Crippen LogP contribution in [0.15, 0.2) is 60.0 Å². The van der Waals surface area contributed by atoms with Crippen molar-refractivity contribution < 1.29 is 22.7 Å². The van der Waals surface area contributed by atoms with E-state index >= 15 is 0 Å². The Morgan fingerprint density at radius 3 is 2.50 bits per heavy atom. The summed E-state index contributed by atoms with van der Waals surface area (Å²) in [6.07, 6.45) is 4.41. The summed E-state index contributed by atoms with van der Waals surface area (Å²) in [5.41, 5.74) is 1.46. The maximum absolute atomic E-state index is 12.8. The second-order valence-corrected chi connectivity index (χ2v) is 9.65. The van der Waals surface area contributed by atoms with Crippen molar-refractivity contribution in [1.29, 1.82) is 0 Å². The van der Waals surface area contributed by atoms with Crippen molar-refractivity contribution in [1.82, 2.24) is 4.31 Å². The maximum atomic E-state index is 12.8. The Labute approximate surface area is 187 Å². The highest BCUT2D eigenvalue weighted by atomic mass is 32.2. The molecule has 2 aliphatic rings. The fourth-order valence-electron chi connectivity index (χ4n) is 3.85. The van der Waals surface area contributed by atoms with Gasteiger partial charge >= 0.3 is 0 Å². The first-order chi connectivity index (χ1) is 15.4. The summed E-state index contributed by atoms with van der Waals surface area (Å²) in [4.78, 5) is 26.5. The number of carbonyl (C=O) groups is 2. The summed E-state index contributed by atoms with van der Waals surface area (Å²) in [7, 11) is -3.54. The smallest absolute Gasteiger partial charge is 0.265 e. The van der Waals surface area contributed by atoms with Gasteiger partial charge in [0.25, 0.3) is 11.8 Å². The average molecular weight is 456 g/mol. The summed E-state index contributed by atoms with van der Waals surface area (Å²) in [5.74, 6) is -0.0392. The van der Waals surface area contributed by atoms with Gasteiger partial charge in [-0.15, -0.1) is 6.58 Å². The van der Waals surface area contributed by atoms with Gasteiger partial charge in [-0.25, -0.2) is 8.42 Å². The maximum Gasteiger partial charge on any atom is 0.265 e. The largest absolute Gasteiger partial charge is 0.481 e. The number of anilines is 2. The third-order valence-corrected chi connectivity index (χ3v) is 7.45. The summed E-state index contributed by atoms with van der Waals surface area (Å²) in [6.45, 7) is 5.02. The van der Waals surface area contributed by atoms with Crippen LogP contribution in [-0.4, -0.2) is 50.8 Å². The molecule has 0 aliphatic carbocycles. The molecule has 1 fully saturated rings. The van der Waals surface area contributed by atoms with Crippen LogP contribution in [0.3, 0.4) is 0 Å². The minimum absolute atomic E-state index is 0.0782. The lowest BCUT2D eigenvalue weighted by molar-refractivity contribution is -0.121. The van der Waals surface area contributed by atoms with Crippen molar-refractivity contribution in [2.45, 2.75) is 24.2 Å². The number of rotatable bonds is 6. The van der Waals surface area contributed by atoms with Crippen molar-refractivity contribution in [3.8, 4) is 5.75 Å². The van der Waals surface area contributed by atoms with Crippen LogP contribution in [0.1, 0.15) is 29.6 Å². The molecule has 0 spiro atoms. The van der Waals surface area contributed by atoms with E-state index in [4.69, 9.17) is 4.74 Å². The molecule has 1 N–H and O–H groups in total. The molecule has 0 unspecified atom stereocenters. The zero-order chi connectivity index (χ0) is 22.7. The Kier molecular flexibility index (Phi) is 6.29. The number of hydrogen-bond acceptors (Lipinski definition) is 5. The molecule has 2 aromatic rings. The minimum Gasteiger partial charge on any atom is -0.481 e. The van der Waals surface area contributed by atoms with Crippen molar-refractivity contribution >= 4 is 33.2 Å². The molecule has 0 atom stereocenters. The number of sulfonamides is 1. The molecular weight excluding hydrogens is 430 g/mol. The molecule has 0 saturated carbocycles. The monoisotopic (exact) mass is 455 g/mol. The van der Waals surface area contributed by atoms with E-state index in [1.807, 2.05) is 0 Å². The SMILES string of the molecule is C=CCN1C(=O)COc2cc(NC(=O)c3ccc(S(=O)(=O)N4CCCCC4)cc3)ccc21. The lowest BCUT2D eigenvalue weighted by atomic mass is 10.2. The van der Waals surface area contributed by atoms with E-state index in [0.29, 0.717) is 42.3 Å². The van der Waals surface area contributed by atoms with Crippen LogP contribution in [-0.2, 0) is 14.8 Å². The zero-order valence-electron chi connectivity index (χ0n) is 17.6. The summed E-state index contributed by atoms with van der Waals surface area (Å²) in [6, 6.07) is 11.0. The average Bonchev–Trinajstić information content (AvgIpc) is 2.81. The Morgan fingerprint density at radius 1 is 1.09 bits per heavy atom. The summed E-state index contributed by atoms with van der Waals surface area (Å²) < 4.78 is 32.5. The minimum atomic E-state index is -3.54. The second-order valence-electron chi connectivity index (χ2n) is 7.71. The molecule has 0 radical (unpaired) electrons. The predicted molar refractivity (Wildman–Crippen MR) is 121 cm³/mol. The second kappa shape index (κ2) is 9.13. The van der Waals surface area contributed by atoms with Crippen LogP contribution in [0.25, 0.3) is 0 Å². The number of fused-ring (bicyclic) bond motifs is 1. The summed E-state index contributed by atoms with van der Waals surface area (Å²) in [5, 5.41) is 2.79. The quantitative estimate of drug-likeness (QED) is 0.676. The fraction of sp³-hybridized carbons (Fsp3) is 0.304. The first-order valence-electron chi connectivity index (χ1n) is 10.5. The third kappa shape index (κ3) is 4.39. The highest BCUT2D eigenvalue weighted by Gasteiger charge is 2.27. The molecule has 4 rings (SSSR count). The van der Waals surface area contributed by atoms with Crippen LogP contribution >= 0.6 is 0 Å². The van der Waals surface area contributed by atoms with Crippen molar-refractivity contribution in [2.75, 3.05) is 36.5 Å². The van der Waals surface area contributed by atoms with Crippen LogP contribution in [0.5, 0.6) is 5.75 Å². The molecule has 1 saturated heterocycles. The molecule has 8 nitrogen and oxygen atoms in total. The Morgan fingerprint density at radius 2 is 1.81 bits per heavy atom. The van der Waals surface area contributed by atoms with E-state index in [2.05, 4.69) is 11.9 Å². The molecule has 9 heteroatoms. The van der Waals surface area contributed by atoms with E-state index in [0.717, 1.165) is 19.3 Å². The molecule has 0 bridgehead atoms. The van der Waals surface area contributed by atoms with Crippen LogP contribution in [0.2, 0.25) is 0 Å². The number of amides is 2. The number of carbonyl (C=O) groups excluding carboxylic acids is 2. The molecule has 2 heterocycles. The third-order valence-electron chi connectivity index (χ3n) is 5.54. The number of nitrogens with one attached hydrogen (secondary N) is 1. The Balaban J connectivity index is 1.47. The Hall–Kier alpha value is -3.17. The lowest BCUT2D eigenvalue weighted by Crippen LogP contribution is -2.38. The fourth-order valence-corrected chi connectivity index (χ4v) is 5.36. The Bertz CT molecular complexity index is 1140. The van der Waals surface area contributed by atoms with Gasteiger partial charge in [0.05, 0.1) is 10.6 Å². The molecular formula is C23H25N3O5S. The molecule has 2 amide bonds. The van der Waals surface area contributed by atoms with E-state index in [-0.39, 0.29) is 23.3 Å². The number of nitrogens with zero attached hydrogens (tertiary/aromatic N) is 2. The van der Waals surface area contributed by atoms with Gasteiger partial charge in [-0.1, -0.05) is 12.5 Å². The first kappa shape index (κ1) is 22.0. The standard InChI is InChI=1S/C23H25N3O5S/c1-2-12-26-20-11-8-18(15-21(20)31-16-22(26)27)24-23(28)17-6-9-19(10-7-17)32(29,30)25-13-4-3-5-14-25/h2,6-11,15H,1,3-5,12-14,16H2,(H,24,28). The lowest BCUT2D eigenvalue weighted by Gasteiger charge is -2.28.